The van der Waals surface area contributed by atoms with E-state index in [0.29, 0.717) is 6.04 Å². The summed E-state index contributed by atoms with van der Waals surface area (Å²) in [5.41, 5.74) is 2.53. The Labute approximate surface area is 92.1 Å². The second-order valence-electron chi connectivity index (χ2n) is 4.83. The number of hydrogen-bond acceptors (Lipinski definition) is 2. The normalized spacial score (nSPS) is 17.7. The molecule has 0 amide bonds. The van der Waals surface area contributed by atoms with E-state index in [1.165, 1.54) is 30.4 Å². The van der Waals surface area contributed by atoms with Gasteiger partial charge in [0.15, 0.2) is 0 Å². The number of pyridine rings is 1. The zero-order chi connectivity index (χ0) is 10.7. The number of rotatable bonds is 5. The Morgan fingerprint density at radius 1 is 1.47 bits per heavy atom. The molecule has 1 unspecified atom stereocenters. The summed E-state index contributed by atoms with van der Waals surface area (Å²) in [6, 6.07) is 2.84. The van der Waals surface area contributed by atoms with E-state index in [2.05, 4.69) is 30.2 Å². The summed E-state index contributed by atoms with van der Waals surface area (Å²) in [4.78, 5) is 4.20. The zero-order valence-corrected chi connectivity index (χ0v) is 9.66. The van der Waals surface area contributed by atoms with Gasteiger partial charge in [-0.2, -0.15) is 0 Å². The van der Waals surface area contributed by atoms with Crippen molar-refractivity contribution in [1.82, 2.24) is 10.3 Å². The molecule has 82 valence electrons. The lowest BCUT2D eigenvalue weighted by atomic mass is 10.1. The first-order valence-corrected chi connectivity index (χ1v) is 5.88. The van der Waals surface area contributed by atoms with Crippen molar-refractivity contribution in [3.8, 4) is 0 Å². The van der Waals surface area contributed by atoms with Crippen molar-refractivity contribution in [3.05, 3.63) is 29.6 Å². The van der Waals surface area contributed by atoms with Crippen molar-refractivity contribution in [2.45, 2.75) is 45.7 Å². The van der Waals surface area contributed by atoms with Crippen molar-refractivity contribution < 1.29 is 0 Å². The van der Waals surface area contributed by atoms with Crippen molar-refractivity contribution >= 4 is 0 Å². The number of nitrogens with one attached hydrogen (secondary N) is 1. The van der Waals surface area contributed by atoms with Crippen LogP contribution in [0.3, 0.4) is 0 Å². The molecule has 0 aromatic carbocycles. The minimum Gasteiger partial charge on any atom is -0.310 e. The molecular formula is C13H20N2. The maximum atomic E-state index is 4.20. The molecule has 1 aliphatic rings. The molecule has 1 heterocycles. The van der Waals surface area contributed by atoms with E-state index in [1.54, 1.807) is 0 Å². The predicted molar refractivity (Wildman–Crippen MR) is 62.6 cm³/mol. The predicted octanol–water partition coefficient (Wildman–Crippen LogP) is 2.67. The second kappa shape index (κ2) is 4.75. The molecule has 1 aromatic rings. The number of aryl methyl sites for hydroxylation is 1. The Kier molecular flexibility index (Phi) is 3.37. The summed E-state index contributed by atoms with van der Waals surface area (Å²) < 4.78 is 0. The second-order valence-corrected chi connectivity index (χ2v) is 4.83. The molecule has 1 fully saturated rings. The monoisotopic (exact) mass is 204 g/mol. The van der Waals surface area contributed by atoms with Gasteiger partial charge in [0.2, 0.25) is 0 Å². The first-order valence-electron chi connectivity index (χ1n) is 5.88. The maximum absolute atomic E-state index is 4.20. The summed E-state index contributed by atoms with van der Waals surface area (Å²) in [6.07, 6.45) is 8.07. The highest BCUT2D eigenvalue weighted by Crippen LogP contribution is 2.33. The van der Waals surface area contributed by atoms with E-state index >= 15 is 0 Å². The van der Waals surface area contributed by atoms with Gasteiger partial charge < -0.3 is 5.32 Å². The fourth-order valence-corrected chi connectivity index (χ4v) is 1.94. The lowest BCUT2D eigenvalue weighted by Crippen LogP contribution is -2.25. The van der Waals surface area contributed by atoms with E-state index in [1.807, 2.05) is 12.4 Å². The molecule has 1 atom stereocenters. The SMILES string of the molecule is Cc1cncc(CNC(C)CC2CC2)c1. The van der Waals surface area contributed by atoms with Crippen molar-refractivity contribution in [1.29, 1.82) is 0 Å². The molecule has 0 radical (unpaired) electrons. The lowest BCUT2D eigenvalue weighted by molar-refractivity contribution is 0.487. The fourth-order valence-electron chi connectivity index (χ4n) is 1.94. The summed E-state index contributed by atoms with van der Waals surface area (Å²) >= 11 is 0. The van der Waals surface area contributed by atoms with Crippen LogP contribution < -0.4 is 5.32 Å². The van der Waals surface area contributed by atoms with E-state index in [-0.39, 0.29) is 0 Å². The maximum Gasteiger partial charge on any atom is 0.0313 e. The molecule has 2 heteroatoms. The Balaban J connectivity index is 1.76. The third kappa shape index (κ3) is 3.63. The largest absolute Gasteiger partial charge is 0.310 e. The van der Waals surface area contributed by atoms with Gasteiger partial charge in [-0.1, -0.05) is 18.9 Å². The van der Waals surface area contributed by atoms with Gasteiger partial charge in [0.1, 0.15) is 0 Å². The van der Waals surface area contributed by atoms with Gasteiger partial charge >= 0.3 is 0 Å². The van der Waals surface area contributed by atoms with Gasteiger partial charge in [0, 0.05) is 25.0 Å². The molecule has 0 bridgehead atoms. The molecule has 2 nitrogen and oxygen atoms in total. The van der Waals surface area contributed by atoms with E-state index < -0.39 is 0 Å². The average molecular weight is 204 g/mol. The minimum absolute atomic E-state index is 0.637. The highest BCUT2D eigenvalue weighted by atomic mass is 14.9. The average Bonchev–Trinajstić information content (AvgIpc) is 2.99. The molecule has 1 aromatic heterocycles. The molecule has 1 N–H and O–H groups in total. The standard InChI is InChI=1S/C13H20N2/c1-10-5-13(8-14-7-10)9-15-11(2)6-12-3-4-12/h5,7-8,11-12,15H,3-4,6,9H2,1-2H3. The number of aromatic nitrogens is 1. The van der Waals surface area contributed by atoms with Crippen molar-refractivity contribution in [2.75, 3.05) is 0 Å². The van der Waals surface area contributed by atoms with Gasteiger partial charge in [0.05, 0.1) is 0 Å². The Bertz CT molecular complexity index is 318. The summed E-state index contributed by atoms with van der Waals surface area (Å²) in [5.74, 6) is 1.00. The van der Waals surface area contributed by atoms with Crippen LogP contribution in [0.2, 0.25) is 0 Å². The van der Waals surface area contributed by atoms with Gasteiger partial charge in [0.25, 0.3) is 0 Å². The van der Waals surface area contributed by atoms with Crippen LogP contribution in [-0.2, 0) is 6.54 Å². The van der Waals surface area contributed by atoms with Gasteiger partial charge in [-0.25, -0.2) is 0 Å². The van der Waals surface area contributed by atoms with Gasteiger partial charge in [-0.05, 0) is 37.3 Å². The van der Waals surface area contributed by atoms with Crippen LogP contribution in [0.15, 0.2) is 18.5 Å². The minimum atomic E-state index is 0.637. The van der Waals surface area contributed by atoms with Crippen LogP contribution >= 0.6 is 0 Å². The van der Waals surface area contributed by atoms with Gasteiger partial charge in [-0.3, -0.25) is 4.98 Å². The zero-order valence-electron chi connectivity index (χ0n) is 9.66. The van der Waals surface area contributed by atoms with Crippen LogP contribution in [0, 0.1) is 12.8 Å². The first-order chi connectivity index (χ1) is 7.24. The molecule has 1 aliphatic carbocycles. The number of hydrogen-bond donors (Lipinski definition) is 1. The van der Waals surface area contributed by atoms with Crippen LogP contribution in [0.25, 0.3) is 0 Å². The fraction of sp³-hybridized carbons (Fsp3) is 0.615. The number of nitrogens with zero attached hydrogens (tertiary/aromatic N) is 1. The van der Waals surface area contributed by atoms with Gasteiger partial charge in [-0.15, -0.1) is 0 Å². The molecule has 2 rings (SSSR count). The Hall–Kier alpha value is -0.890. The lowest BCUT2D eigenvalue weighted by Gasteiger charge is -2.13. The Morgan fingerprint density at radius 3 is 2.93 bits per heavy atom. The summed E-state index contributed by atoms with van der Waals surface area (Å²) in [7, 11) is 0. The van der Waals surface area contributed by atoms with Crippen LogP contribution in [0.4, 0.5) is 0 Å². The van der Waals surface area contributed by atoms with E-state index in [9.17, 15) is 0 Å². The van der Waals surface area contributed by atoms with Crippen LogP contribution in [-0.4, -0.2) is 11.0 Å². The highest BCUT2D eigenvalue weighted by molar-refractivity contribution is 5.16. The highest BCUT2D eigenvalue weighted by Gasteiger charge is 2.23. The molecule has 0 saturated heterocycles. The smallest absolute Gasteiger partial charge is 0.0313 e. The van der Waals surface area contributed by atoms with E-state index in [4.69, 9.17) is 0 Å². The first kappa shape index (κ1) is 10.6. The van der Waals surface area contributed by atoms with Crippen molar-refractivity contribution in [3.63, 3.8) is 0 Å². The molecule has 0 spiro atoms. The third-order valence-corrected chi connectivity index (χ3v) is 2.97. The quantitative estimate of drug-likeness (QED) is 0.797. The Morgan fingerprint density at radius 2 is 2.27 bits per heavy atom. The molecule has 15 heavy (non-hydrogen) atoms. The molecular weight excluding hydrogens is 184 g/mol. The van der Waals surface area contributed by atoms with E-state index in [0.717, 1.165) is 12.5 Å². The molecule has 1 saturated carbocycles. The summed E-state index contributed by atoms with van der Waals surface area (Å²) in [6.45, 7) is 5.31. The van der Waals surface area contributed by atoms with Crippen molar-refractivity contribution in [2.24, 2.45) is 5.92 Å². The summed E-state index contributed by atoms with van der Waals surface area (Å²) in [5, 5.41) is 3.56. The third-order valence-electron chi connectivity index (χ3n) is 2.97. The topological polar surface area (TPSA) is 24.9 Å². The molecule has 0 aliphatic heterocycles. The van der Waals surface area contributed by atoms with Crippen LogP contribution in [0.5, 0.6) is 0 Å². The van der Waals surface area contributed by atoms with Crippen LogP contribution in [0.1, 0.15) is 37.3 Å².